The van der Waals surface area contributed by atoms with Crippen molar-refractivity contribution in [3.05, 3.63) is 137 Å². The molecule has 0 unspecified atom stereocenters. The normalized spacial score (nSPS) is 17.3. The molecular weight excluding hydrogens is 1270 g/mol. The number of carbonyl (C=O) groups is 3. The number of hydrogen-bond acceptors (Lipinski definition) is 19. The highest BCUT2D eigenvalue weighted by molar-refractivity contribution is 7.21. The first-order chi connectivity index (χ1) is 45.3. The number of Topliss-reactive ketones (excluding diaryl/α,β-unsaturated/α-hetero) is 1. The highest BCUT2D eigenvalue weighted by atomic mass is 32.1. The second-order valence-electron chi connectivity index (χ2n) is 24.6. The van der Waals surface area contributed by atoms with Gasteiger partial charge in [-0.15, -0.1) is 9.59 Å². The molecule has 95 heavy (non-hydrogen) atoms. The number of aliphatic hydroxyl groups is 1. The van der Waals surface area contributed by atoms with E-state index in [0.29, 0.717) is 105 Å². The van der Waals surface area contributed by atoms with Gasteiger partial charge in [0.15, 0.2) is 0 Å². The first kappa shape index (κ1) is 71.2. The van der Waals surface area contributed by atoms with Crippen LogP contribution in [0.1, 0.15) is 152 Å². The first-order valence-electron chi connectivity index (χ1n) is 31.9. The van der Waals surface area contributed by atoms with Gasteiger partial charge in [-0.25, -0.2) is 27.5 Å². The van der Waals surface area contributed by atoms with E-state index in [1.165, 1.54) is 142 Å². The Morgan fingerprint density at radius 3 is 1.34 bits per heavy atom. The molecule has 0 radical (unpaired) electrons. The molecule has 2 saturated carbocycles. The molecular formula is C66H84F2N12O13S2. The van der Waals surface area contributed by atoms with Crippen LogP contribution in [-0.4, -0.2) is 153 Å². The van der Waals surface area contributed by atoms with E-state index in [4.69, 9.17) is 23.7 Å². The van der Waals surface area contributed by atoms with Crippen molar-refractivity contribution in [2.45, 2.75) is 187 Å². The highest BCUT2D eigenvalue weighted by Crippen LogP contribution is 2.39. The third-order valence-corrected chi connectivity index (χ3v) is 20.4. The van der Waals surface area contributed by atoms with Gasteiger partial charge < -0.3 is 38.6 Å². The van der Waals surface area contributed by atoms with Crippen LogP contribution in [0.25, 0.3) is 30.4 Å². The van der Waals surface area contributed by atoms with E-state index in [-0.39, 0.29) is 53.9 Å². The Balaban J connectivity index is 0.000000208. The second-order valence-corrected chi connectivity index (χ2v) is 26.6. The number of aryl methyl sites for hydroxylation is 2. The molecule has 29 heteroatoms. The molecule has 2 amide bonds. The first-order valence-corrected chi connectivity index (χ1v) is 33.6. The van der Waals surface area contributed by atoms with E-state index in [2.05, 4.69) is 20.4 Å². The maximum atomic E-state index is 14.7. The number of hydrogen-bond donors (Lipinski definition) is 1. The SMILES string of the molecule is C1CCOC1.COc1ccc(F)cc1[C@H](Cn1c(=O)n([C@@H](C)C(=O)N(C)C(C)C)c(=O)c2c(C)c(-n3nccn3)sc21)OC1CCC(=O)CC1.COc1ccc(F)cc1[C@H](Cn1c(=O)n([C@@H](C)C(=O)N(C)C(C)C)c(=O)c2c(C)c(-n3nccn3)sc21)OC1CCC(O)CC1. The van der Waals surface area contributed by atoms with E-state index >= 15 is 0 Å². The van der Waals surface area contributed by atoms with Crippen molar-refractivity contribution in [2.75, 3.05) is 41.5 Å². The molecule has 25 nitrogen and oxygen atoms in total. The van der Waals surface area contributed by atoms with Gasteiger partial charge in [-0.1, -0.05) is 22.7 Å². The van der Waals surface area contributed by atoms with E-state index in [9.17, 15) is 47.4 Å². The number of ketones is 1. The Hall–Kier alpha value is -8.09. The second kappa shape index (κ2) is 31.2. The highest BCUT2D eigenvalue weighted by Gasteiger charge is 2.35. The van der Waals surface area contributed by atoms with Gasteiger partial charge in [-0.3, -0.25) is 33.1 Å². The van der Waals surface area contributed by atoms with Crippen LogP contribution in [-0.2, 0) is 41.7 Å². The third kappa shape index (κ3) is 15.6. The van der Waals surface area contributed by atoms with Gasteiger partial charge in [0.05, 0.1) is 81.2 Å². The predicted molar refractivity (Wildman–Crippen MR) is 354 cm³/mol. The zero-order chi connectivity index (χ0) is 68.7. The van der Waals surface area contributed by atoms with Crippen molar-refractivity contribution < 1.29 is 52.0 Å². The number of halogens is 2. The fourth-order valence-corrected chi connectivity index (χ4v) is 14.4. The number of fused-ring (bicyclic) bond motifs is 2. The van der Waals surface area contributed by atoms with Crippen LogP contribution in [0.2, 0.25) is 0 Å². The van der Waals surface area contributed by atoms with Crippen molar-refractivity contribution >= 4 is 60.7 Å². The molecule has 1 aliphatic heterocycles. The minimum absolute atomic E-state index is 0.110. The van der Waals surface area contributed by atoms with Crippen LogP contribution < -0.4 is 32.0 Å². The summed E-state index contributed by atoms with van der Waals surface area (Å²) in [5.74, 6) is -0.927. The molecule has 1 saturated heterocycles. The van der Waals surface area contributed by atoms with Crippen LogP contribution in [0.3, 0.4) is 0 Å². The summed E-state index contributed by atoms with van der Waals surface area (Å²) in [6.45, 7) is 15.7. The molecule has 8 aromatic rings. The molecule has 2 aliphatic carbocycles. The van der Waals surface area contributed by atoms with Crippen molar-refractivity contribution in [2.24, 2.45) is 0 Å². The van der Waals surface area contributed by atoms with Gasteiger partial charge >= 0.3 is 11.4 Å². The molecule has 3 aliphatic rings. The number of benzene rings is 2. The van der Waals surface area contributed by atoms with Gasteiger partial charge in [-0.2, -0.15) is 20.4 Å². The fraction of sp³-hybridized carbons (Fsp3) is 0.530. The molecule has 1 N–H and O–H groups in total. The van der Waals surface area contributed by atoms with Gasteiger partial charge in [0, 0.05) is 74.5 Å². The molecule has 0 bridgehead atoms. The Morgan fingerprint density at radius 2 is 0.989 bits per heavy atom. The van der Waals surface area contributed by atoms with Crippen LogP contribution in [0.15, 0.2) is 80.4 Å². The molecule has 6 aromatic heterocycles. The van der Waals surface area contributed by atoms with Crippen LogP contribution in [0.4, 0.5) is 8.78 Å². The Kier molecular flexibility index (Phi) is 23.4. The monoisotopic (exact) mass is 1350 g/mol. The Labute approximate surface area is 555 Å². The topological polar surface area (TPSA) is 273 Å². The lowest BCUT2D eigenvalue weighted by Crippen LogP contribution is -2.48. The van der Waals surface area contributed by atoms with Crippen LogP contribution in [0.5, 0.6) is 11.5 Å². The summed E-state index contributed by atoms with van der Waals surface area (Å²) in [5, 5.41) is 28.6. The molecule has 512 valence electrons. The number of carbonyl (C=O) groups excluding carboxylic acids is 3. The minimum atomic E-state index is -1.12. The maximum Gasteiger partial charge on any atom is 0.332 e. The predicted octanol–water partition coefficient (Wildman–Crippen LogP) is 8.51. The molecule has 7 heterocycles. The number of nitrogens with zero attached hydrogens (tertiary/aromatic N) is 12. The van der Waals surface area contributed by atoms with Crippen molar-refractivity contribution in [3.8, 4) is 21.5 Å². The lowest BCUT2D eigenvalue weighted by Gasteiger charge is -2.31. The summed E-state index contributed by atoms with van der Waals surface area (Å²) in [7, 11) is 6.18. The van der Waals surface area contributed by atoms with E-state index in [1.807, 2.05) is 27.7 Å². The number of aromatic nitrogens is 10. The lowest BCUT2D eigenvalue weighted by molar-refractivity contribution is -0.135. The summed E-state index contributed by atoms with van der Waals surface area (Å²) >= 11 is 2.33. The van der Waals surface area contributed by atoms with Crippen LogP contribution >= 0.6 is 22.7 Å². The van der Waals surface area contributed by atoms with Crippen molar-refractivity contribution in [1.29, 1.82) is 0 Å². The average molecular weight is 1360 g/mol. The van der Waals surface area contributed by atoms with E-state index < -0.39 is 76.3 Å². The van der Waals surface area contributed by atoms with Crippen molar-refractivity contribution in [1.82, 2.24) is 58.1 Å². The molecule has 2 aromatic carbocycles. The fourth-order valence-electron chi connectivity index (χ4n) is 11.9. The number of methoxy groups -OCH3 is 2. The number of thiophene rings is 2. The summed E-state index contributed by atoms with van der Waals surface area (Å²) in [6, 6.07) is 5.62. The van der Waals surface area contributed by atoms with Gasteiger partial charge in [-0.05, 0) is 143 Å². The smallest absolute Gasteiger partial charge is 0.332 e. The number of aliphatic hydroxyl groups excluding tert-OH is 1. The zero-order valence-electron chi connectivity index (χ0n) is 55.7. The standard InChI is InChI=1S/C31H39FN6O6S.C31H37FN6O6S.C4H8O/c2*1-17(2)35(5)27(40)19(4)37-28(41)26-18(3)29(38-33-13-14-34-38)45-30(26)36(31(37)42)16-25(44-22-10-8-21(39)9-11-22)23-15-20(32)7-12-24(23)43-6;1-2-4-5-3-1/h7,12-15,17,19,21-22,25,39H,8-11,16H2,1-6H3;7,12-15,17,19,22,25H,8-11,16H2,1-6H3;1-4H2/t19-,21?,22?,25-;19-,25-;/m00./s1. The van der Waals surface area contributed by atoms with E-state index in [1.54, 1.807) is 27.9 Å². The van der Waals surface area contributed by atoms with Crippen molar-refractivity contribution in [3.63, 3.8) is 0 Å². The Morgan fingerprint density at radius 1 is 0.611 bits per heavy atom. The number of ether oxygens (including phenoxy) is 5. The third-order valence-electron chi connectivity index (χ3n) is 17.8. The summed E-state index contributed by atoms with van der Waals surface area (Å²) in [4.78, 5) is 102. The molecule has 11 rings (SSSR count). The largest absolute Gasteiger partial charge is 0.496 e. The maximum absolute atomic E-state index is 14.7. The average Bonchev–Trinajstić information content (AvgIpc) is 1.65. The van der Waals surface area contributed by atoms with Gasteiger partial charge in [0.1, 0.15) is 72.9 Å². The zero-order valence-corrected chi connectivity index (χ0v) is 57.3. The number of amides is 2. The summed E-state index contributed by atoms with van der Waals surface area (Å²) < 4.78 is 63.4. The Bertz CT molecular complexity index is 4240. The molecule has 3 fully saturated rings. The van der Waals surface area contributed by atoms with Gasteiger partial charge in [0.25, 0.3) is 11.1 Å². The van der Waals surface area contributed by atoms with Crippen LogP contribution in [0, 0.1) is 25.5 Å². The minimum Gasteiger partial charge on any atom is -0.496 e. The van der Waals surface area contributed by atoms with Gasteiger partial charge in [0.2, 0.25) is 11.8 Å². The lowest BCUT2D eigenvalue weighted by atomic mass is 9.94. The number of likely N-dealkylation sites (N-methyl/N-ethyl adjacent to an activating group) is 2. The molecule has 4 atom stereocenters. The summed E-state index contributed by atoms with van der Waals surface area (Å²) in [6.07, 6.45) is 9.78. The quantitative estimate of drug-likeness (QED) is 0.0748. The molecule has 0 spiro atoms. The number of rotatable bonds is 20. The van der Waals surface area contributed by atoms with E-state index in [0.717, 1.165) is 33.7 Å². The summed E-state index contributed by atoms with van der Waals surface area (Å²) in [5.41, 5.74) is -0.754.